The number of hydrogen-bond donors (Lipinski definition) is 2. The van der Waals surface area contributed by atoms with Gasteiger partial charge in [-0.15, -0.1) is 0 Å². The van der Waals surface area contributed by atoms with Crippen LogP contribution in [0.4, 0.5) is 15.8 Å². The molecule has 3 N–H and O–H groups in total. The van der Waals surface area contributed by atoms with Gasteiger partial charge in [-0.1, -0.05) is 28.9 Å². The van der Waals surface area contributed by atoms with Crippen LogP contribution in [0.5, 0.6) is 0 Å². The third-order valence-electron chi connectivity index (χ3n) is 3.43. The van der Waals surface area contributed by atoms with E-state index >= 15 is 0 Å². The predicted molar refractivity (Wildman–Crippen MR) is 82.9 cm³/mol. The monoisotopic (exact) mass is 287 g/mol. The second-order valence-electron chi connectivity index (χ2n) is 4.97. The molecule has 0 amide bonds. The number of aryl methyl sites for hydroxylation is 2. The summed E-state index contributed by atoms with van der Waals surface area (Å²) in [4.78, 5) is 1.82. The van der Waals surface area contributed by atoms with E-state index in [4.69, 9.17) is 10.9 Å². The Balaban J connectivity index is 2.58. The van der Waals surface area contributed by atoms with Gasteiger partial charge in [-0.25, -0.2) is 4.39 Å². The van der Waals surface area contributed by atoms with Crippen LogP contribution in [-0.4, -0.2) is 18.1 Å². The highest BCUT2D eigenvalue weighted by atomic mass is 19.1. The van der Waals surface area contributed by atoms with E-state index in [1.165, 1.54) is 6.07 Å². The molecule has 0 unspecified atom stereocenters. The first-order valence-corrected chi connectivity index (χ1v) is 6.53. The average molecular weight is 287 g/mol. The molecule has 0 bridgehead atoms. The molecule has 21 heavy (non-hydrogen) atoms. The maximum Gasteiger partial charge on any atom is 0.175 e. The van der Waals surface area contributed by atoms with Gasteiger partial charge in [0.2, 0.25) is 0 Å². The molecule has 2 aromatic rings. The standard InChI is InChI=1S/C16H18FN3O/c1-10-7-8-13(11(2)9-10)20(3)14-6-4-5-12(17)15(14)16(18)19-21/h4-9,21H,1-3H3,(H2,18,19). The normalized spacial score (nSPS) is 11.5. The van der Waals surface area contributed by atoms with Crippen molar-refractivity contribution in [2.75, 3.05) is 11.9 Å². The van der Waals surface area contributed by atoms with Crippen LogP contribution in [0.25, 0.3) is 0 Å². The third kappa shape index (κ3) is 2.81. The Morgan fingerprint density at radius 3 is 2.52 bits per heavy atom. The van der Waals surface area contributed by atoms with Crippen LogP contribution >= 0.6 is 0 Å². The first-order valence-electron chi connectivity index (χ1n) is 6.53. The zero-order valence-electron chi connectivity index (χ0n) is 12.3. The van der Waals surface area contributed by atoms with Crippen LogP contribution in [0, 0.1) is 19.7 Å². The fourth-order valence-corrected chi connectivity index (χ4v) is 2.41. The summed E-state index contributed by atoms with van der Waals surface area (Å²) < 4.78 is 14.0. The highest BCUT2D eigenvalue weighted by molar-refractivity contribution is 6.03. The SMILES string of the molecule is Cc1ccc(N(C)c2cccc(F)c2C(N)=NO)c(C)c1. The molecule has 2 rings (SSSR count). The lowest BCUT2D eigenvalue weighted by molar-refractivity contribution is 0.318. The molecule has 0 heterocycles. The number of benzene rings is 2. The van der Waals surface area contributed by atoms with Crippen molar-refractivity contribution >= 4 is 17.2 Å². The molecule has 4 nitrogen and oxygen atoms in total. The zero-order valence-corrected chi connectivity index (χ0v) is 12.3. The fraction of sp³-hybridized carbons (Fsp3) is 0.188. The molecule has 0 fully saturated rings. The van der Waals surface area contributed by atoms with Crippen LogP contribution < -0.4 is 10.6 Å². The Hall–Kier alpha value is -2.56. The lowest BCUT2D eigenvalue weighted by atomic mass is 10.1. The van der Waals surface area contributed by atoms with Gasteiger partial charge in [0.25, 0.3) is 0 Å². The minimum atomic E-state index is -0.528. The lowest BCUT2D eigenvalue weighted by Crippen LogP contribution is -2.21. The number of rotatable bonds is 3. The molecule has 0 spiro atoms. The molecule has 0 saturated heterocycles. The van der Waals surface area contributed by atoms with Gasteiger partial charge < -0.3 is 15.8 Å². The maximum absolute atomic E-state index is 14.0. The molecule has 0 aliphatic heterocycles. The molecule has 0 aromatic heterocycles. The van der Waals surface area contributed by atoms with Gasteiger partial charge in [0.15, 0.2) is 5.84 Å². The van der Waals surface area contributed by atoms with Crippen molar-refractivity contribution in [2.45, 2.75) is 13.8 Å². The quantitative estimate of drug-likeness (QED) is 0.394. The molecule has 0 aliphatic rings. The Labute approximate surface area is 123 Å². The van der Waals surface area contributed by atoms with Crippen molar-refractivity contribution in [1.29, 1.82) is 0 Å². The topological polar surface area (TPSA) is 61.8 Å². The fourth-order valence-electron chi connectivity index (χ4n) is 2.41. The van der Waals surface area contributed by atoms with E-state index < -0.39 is 5.82 Å². The lowest BCUT2D eigenvalue weighted by Gasteiger charge is -2.24. The number of nitrogens with two attached hydrogens (primary N) is 1. The van der Waals surface area contributed by atoms with Gasteiger partial charge in [0.1, 0.15) is 5.82 Å². The Bertz CT molecular complexity index is 698. The molecule has 0 aliphatic carbocycles. The highest BCUT2D eigenvalue weighted by Crippen LogP contribution is 2.31. The van der Waals surface area contributed by atoms with E-state index in [-0.39, 0.29) is 11.4 Å². The van der Waals surface area contributed by atoms with Crippen molar-refractivity contribution in [3.8, 4) is 0 Å². The summed E-state index contributed by atoms with van der Waals surface area (Å²) in [5, 5.41) is 11.8. The van der Waals surface area contributed by atoms with Crippen molar-refractivity contribution in [2.24, 2.45) is 10.9 Å². The van der Waals surface area contributed by atoms with E-state index in [1.807, 2.05) is 44.0 Å². The Morgan fingerprint density at radius 2 is 1.90 bits per heavy atom. The minimum Gasteiger partial charge on any atom is -0.409 e. The number of halogens is 1. The molecule has 0 atom stereocenters. The minimum absolute atomic E-state index is 0.0856. The second-order valence-corrected chi connectivity index (χ2v) is 4.97. The van der Waals surface area contributed by atoms with Gasteiger partial charge >= 0.3 is 0 Å². The number of amidine groups is 1. The van der Waals surface area contributed by atoms with Crippen LogP contribution in [0.15, 0.2) is 41.6 Å². The number of nitrogens with zero attached hydrogens (tertiary/aromatic N) is 2. The summed E-state index contributed by atoms with van der Waals surface area (Å²) in [7, 11) is 1.82. The smallest absolute Gasteiger partial charge is 0.175 e. The summed E-state index contributed by atoms with van der Waals surface area (Å²) in [5.41, 5.74) is 9.38. The average Bonchev–Trinajstić information content (AvgIpc) is 2.45. The second kappa shape index (κ2) is 5.83. The predicted octanol–water partition coefficient (Wildman–Crippen LogP) is 3.30. The van der Waals surface area contributed by atoms with Crippen molar-refractivity contribution in [3.05, 3.63) is 58.9 Å². The molecule has 2 aromatic carbocycles. The molecule has 0 saturated carbocycles. The van der Waals surface area contributed by atoms with E-state index in [0.717, 1.165) is 16.8 Å². The summed E-state index contributed by atoms with van der Waals surface area (Å²) in [6.45, 7) is 4.00. The Kier molecular flexibility index (Phi) is 4.12. The highest BCUT2D eigenvalue weighted by Gasteiger charge is 2.17. The summed E-state index contributed by atoms with van der Waals surface area (Å²) in [6.07, 6.45) is 0. The van der Waals surface area contributed by atoms with Crippen LogP contribution in [0.2, 0.25) is 0 Å². The van der Waals surface area contributed by atoms with E-state index in [1.54, 1.807) is 12.1 Å². The molecule has 110 valence electrons. The van der Waals surface area contributed by atoms with Gasteiger partial charge in [-0.2, -0.15) is 0 Å². The summed E-state index contributed by atoms with van der Waals surface area (Å²) >= 11 is 0. The third-order valence-corrected chi connectivity index (χ3v) is 3.43. The van der Waals surface area contributed by atoms with Crippen molar-refractivity contribution in [3.63, 3.8) is 0 Å². The number of oxime groups is 1. The molecule has 5 heteroatoms. The summed E-state index contributed by atoms with van der Waals surface area (Å²) in [5.74, 6) is -0.779. The maximum atomic E-state index is 14.0. The first kappa shape index (κ1) is 14.8. The van der Waals surface area contributed by atoms with Gasteiger partial charge in [0.05, 0.1) is 11.3 Å². The van der Waals surface area contributed by atoms with E-state index in [9.17, 15) is 4.39 Å². The van der Waals surface area contributed by atoms with Crippen LogP contribution in [-0.2, 0) is 0 Å². The van der Waals surface area contributed by atoms with Gasteiger partial charge in [0, 0.05) is 12.7 Å². The molecule has 0 radical (unpaired) electrons. The van der Waals surface area contributed by atoms with Crippen LogP contribution in [0.3, 0.4) is 0 Å². The Morgan fingerprint density at radius 1 is 1.19 bits per heavy atom. The largest absolute Gasteiger partial charge is 0.409 e. The summed E-state index contributed by atoms with van der Waals surface area (Å²) in [6, 6.07) is 10.6. The van der Waals surface area contributed by atoms with Crippen molar-refractivity contribution < 1.29 is 9.60 Å². The molecular weight excluding hydrogens is 269 g/mol. The zero-order chi connectivity index (χ0) is 15.6. The van der Waals surface area contributed by atoms with E-state index in [2.05, 4.69) is 5.16 Å². The van der Waals surface area contributed by atoms with Crippen molar-refractivity contribution in [1.82, 2.24) is 0 Å². The molecular formula is C16H18FN3O. The number of hydrogen-bond acceptors (Lipinski definition) is 3. The van der Waals surface area contributed by atoms with E-state index in [0.29, 0.717) is 5.69 Å². The van der Waals surface area contributed by atoms with Gasteiger partial charge in [-0.3, -0.25) is 0 Å². The first-order chi connectivity index (χ1) is 9.95. The number of anilines is 2. The van der Waals surface area contributed by atoms with Gasteiger partial charge in [-0.05, 0) is 37.6 Å². The van der Waals surface area contributed by atoms with Crippen LogP contribution in [0.1, 0.15) is 16.7 Å².